The molecule has 0 N–H and O–H groups in total. The molecule has 16 heavy (non-hydrogen) atoms. The van der Waals surface area contributed by atoms with E-state index in [-0.39, 0.29) is 5.75 Å². The smallest absolute Gasteiger partial charge is 0.190 e. The quantitative estimate of drug-likeness (QED) is 0.704. The molecule has 2 aromatic carbocycles. The van der Waals surface area contributed by atoms with Gasteiger partial charge in [0.05, 0.1) is 6.61 Å². The number of hydrogen-bond acceptors (Lipinski definition) is 1. The largest absolute Gasteiger partial charge is 0.493 e. The van der Waals surface area contributed by atoms with Crippen LogP contribution in [0.4, 0.5) is 0 Å². The minimum atomic E-state index is 0.0320. The highest BCUT2D eigenvalue weighted by Crippen LogP contribution is 2.30. The third-order valence-corrected chi connectivity index (χ3v) is 2.56. The Morgan fingerprint density at radius 2 is 2.00 bits per heavy atom. The van der Waals surface area contributed by atoms with Gasteiger partial charge in [-0.1, -0.05) is 37.6 Å². The van der Waals surface area contributed by atoms with E-state index in [9.17, 15) is 5.11 Å². The number of ether oxygens (including phenoxy) is 1. The van der Waals surface area contributed by atoms with Crippen LogP contribution in [0.15, 0.2) is 36.4 Å². The van der Waals surface area contributed by atoms with Gasteiger partial charge >= 0.3 is 0 Å². The second kappa shape index (κ2) is 4.88. The molecule has 2 aromatic rings. The van der Waals surface area contributed by atoms with Crippen LogP contribution in [0.5, 0.6) is 11.5 Å². The van der Waals surface area contributed by atoms with Crippen molar-refractivity contribution in [2.45, 2.75) is 19.8 Å². The third-order valence-electron chi connectivity index (χ3n) is 2.56. The van der Waals surface area contributed by atoms with Crippen LogP contribution in [0.1, 0.15) is 19.8 Å². The Hall–Kier alpha value is -1.70. The van der Waals surface area contributed by atoms with Gasteiger partial charge < -0.3 is 4.74 Å². The van der Waals surface area contributed by atoms with E-state index in [0.29, 0.717) is 12.4 Å². The van der Waals surface area contributed by atoms with Crippen LogP contribution in [-0.4, -0.2) is 6.61 Å². The minimum Gasteiger partial charge on any atom is -0.493 e. The Kier molecular flexibility index (Phi) is 3.30. The molecular weight excluding hydrogens is 200 g/mol. The maximum Gasteiger partial charge on any atom is 0.190 e. The lowest BCUT2D eigenvalue weighted by molar-refractivity contribution is 0.304. The van der Waals surface area contributed by atoms with E-state index in [1.165, 1.54) is 0 Å². The van der Waals surface area contributed by atoms with Gasteiger partial charge in [0.1, 0.15) is 5.75 Å². The van der Waals surface area contributed by atoms with Crippen molar-refractivity contribution in [2.75, 3.05) is 6.61 Å². The lowest BCUT2D eigenvalue weighted by Gasteiger charge is -2.07. The first-order valence-corrected chi connectivity index (χ1v) is 5.64. The Bertz CT molecular complexity index is 477. The first-order valence-electron chi connectivity index (χ1n) is 5.64. The average molecular weight is 215 g/mol. The first-order chi connectivity index (χ1) is 7.81. The van der Waals surface area contributed by atoms with Crippen LogP contribution in [-0.2, 0) is 5.11 Å². The summed E-state index contributed by atoms with van der Waals surface area (Å²) in [7, 11) is 0. The molecule has 0 aliphatic rings. The standard InChI is InChI=1S/C14H15O2/c1-2-3-8-16-12-9-11-6-4-5-7-13(11)14(15)10-12/h4-7,9-10H,2-3,8H2,1H3. The maximum atomic E-state index is 11.8. The highest BCUT2D eigenvalue weighted by Gasteiger charge is 2.04. The molecule has 0 fully saturated rings. The predicted molar refractivity (Wildman–Crippen MR) is 64.5 cm³/mol. The summed E-state index contributed by atoms with van der Waals surface area (Å²) in [6.07, 6.45) is 2.11. The average Bonchev–Trinajstić information content (AvgIpc) is 2.30. The summed E-state index contributed by atoms with van der Waals surface area (Å²) in [4.78, 5) is 0. The fraction of sp³-hybridized carbons (Fsp3) is 0.286. The molecule has 0 aromatic heterocycles. The van der Waals surface area contributed by atoms with Crippen molar-refractivity contribution in [1.29, 1.82) is 0 Å². The number of benzene rings is 2. The number of unbranched alkanes of at least 4 members (excludes halogenated alkanes) is 1. The lowest BCUT2D eigenvalue weighted by Crippen LogP contribution is -1.96. The molecule has 2 nitrogen and oxygen atoms in total. The number of hydrogen-bond donors (Lipinski definition) is 0. The summed E-state index contributed by atoms with van der Waals surface area (Å²) in [5.41, 5.74) is 0. The van der Waals surface area contributed by atoms with Crippen molar-refractivity contribution in [2.24, 2.45) is 0 Å². The fourth-order valence-corrected chi connectivity index (χ4v) is 1.67. The van der Waals surface area contributed by atoms with E-state index < -0.39 is 0 Å². The zero-order valence-corrected chi connectivity index (χ0v) is 9.40. The van der Waals surface area contributed by atoms with E-state index in [1.54, 1.807) is 6.07 Å². The molecule has 0 spiro atoms. The summed E-state index contributed by atoms with van der Waals surface area (Å²) in [5, 5.41) is 13.5. The van der Waals surface area contributed by atoms with Gasteiger partial charge in [0.25, 0.3) is 0 Å². The van der Waals surface area contributed by atoms with Gasteiger partial charge in [-0.2, -0.15) is 0 Å². The molecule has 2 heteroatoms. The van der Waals surface area contributed by atoms with Gasteiger partial charge in [0.2, 0.25) is 0 Å². The van der Waals surface area contributed by atoms with Crippen molar-refractivity contribution in [3.05, 3.63) is 36.4 Å². The van der Waals surface area contributed by atoms with E-state index >= 15 is 0 Å². The second-order valence-electron chi connectivity index (χ2n) is 3.84. The maximum absolute atomic E-state index is 11.8. The SMILES string of the molecule is CCCCOc1cc([O])c2ccccc2c1. The first kappa shape index (κ1) is 10.8. The Labute approximate surface area is 95.5 Å². The molecular formula is C14H15O2. The predicted octanol–water partition coefficient (Wildman–Crippen LogP) is 4.16. The van der Waals surface area contributed by atoms with Crippen molar-refractivity contribution >= 4 is 10.8 Å². The Balaban J connectivity index is 2.27. The highest BCUT2D eigenvalue weighted by atomic mass is 16.5. The summed E-state index contributed by atoms with van der Waals surface area (Å²) in [5.74, 6) is 0.710. The van der Waals surface area contributed by atoms with Crippen LogP contribution in [0.2, 0.25) is 0 Å². The molecule has 1 radical (unpaired) electrons. The molecule has 0 unspecified atom stereocenters. The molecule has 0 aliphatic carbocycles. The molecule has 0 atom stereocenters. The van der Waals surface area contributed by atoms with Crippen LogP contribution >= 0.6 is 0 Å². The van der Waals surface area contributed by atoms with Crippen LogP contribution in [0, 0.1) is 0 Å². The third kappa shape index (κ3) is 2.27. The van der Waals surface area contributed by atoms with Crippen molar-refractivity contribution in [3.8, 4) is 11.5 Å². The highest BCUT2D eigenvalue weighted by molar-refractivity contribution is 5.89. The monoisotopic (exact) mass is 215 g/mol. The van der Waals surface area contributed by atoms with Crippen molar-refractivity contribution in [3.63, 3.8) is 0 Å². The molecule has 0 heterocycles. The normalized spacial score (nSPS) is 10.6. The summed E-state index contributed by atoms with van der Waals surface area (Å²) in [6.45, 7) is 2.79. The summed E-state index contributed by atoms with van der Waals surface area (Å²) < 4.78 is 5.54. The molecule has 2 rings (SSSR count). The second-order valence-corrected chi connectivity index (χ2v) is 3.84. The van der Waals surface area contributed by atoms with Gasteiger partial charge in [0, 0.05) is 11.5 Å². The lowest BCUT2D eigenvalue weighted by atomic mass is 10.1. The van der Waals surface area contributed by atoms with Crippen LogP contribution in [0.25, 0.3) is 10.8 Å². The van der Waals surface area contributed by atoms with Crippen LogP contribution in [0.3, 0.4) is 0 Å². The van der Waals surface area contributed by atoms with Crippen molar-refractivity contribution < 1.29 is 9.84 Å². The van der Waals surface area contributed by atoms with E-state index in [0.717, 1.165) is 23.6 Å². The number of fused-ring (bicyclic) bond motifs is 1. The zero-order chi connectivity index (χ0) is 11.4. The van der Waals surface area contributed by atoms with Crippen LogP contribution < -0.4 is 4.74 Å². The van der Waals surface area contributed by atoms with Crippen molar-refractivity contribution in [1.82, 2.24) is 0 Å². The Morgan fingerprint density at radius 1 is 1.19 bits per heavy atom. The Morgan fingerprint density at radius 3 is 2.81 bits per heavy atom. The van der Waals surface area contributed by atoms with E-state index in [1.807, 2.05) is 30.3 Å². The molecule has 0 amide bonds. The summed E-state index contributed by atoms with van der Waals surface area (Å²) >= 11 is 0. The topological polar surface area (TPSA) is 29.1 Å². The van der Waals surface area contributed by atoms with Gasteiger partial charge in [-0.15, -0.1) is 0 Å². The van der Waals surface area contributed by atoms with Gasteiger partial charge in [-0.05, 0) is 17.9 Å². The molecule has 0 bridgehead atoms. The van der Waals surface area contributed by atoms with Gasteiger partial charge in [-0.3, -0.25) is 5.11 Å². The fourth-order valence-electron chi connectivity index (χ4n) is 1.67. The molecule has 0 saturated heterocycles. The summed E-state index contributed by atoms with van der Waals surface area (Å²) in [6, 6.07) is 11.1. The molecule has 0 aliphatic heterocycles. The number of rotatable bonds is 4. The van der Waals surface area contributed by atoms with Gasteiger partial charge in [0.15, 0.2) is 5.75 Å². The molecule has 0 saturated carbocycles. The van der Waals surface area contributed by atoms with Gasteiger partial charge in [-0.25, -0.2) is 0 Å². The van der Waals surface area contributed by atoms with E-state index in [4.69, 9.17) is 4.74 Å². The minimum absolute atomic E-state index is 0.0320. The van der Waals surface area contributed by atoms with E-state index in [2.05, 4.69) is 6.92 Å². The zero-order valence-electron chi connectivity index (χ0n) is 9.40. The molecule has 83 valence electrons.